The van der Waals surface area contributed by atoms with Gasteiger partial charge in [-0.2, -0.15) is 0 Å². The third kappa shape index (κ3) is 2.55. The molecule has 1 N–H and O–H groups in total. The first-order valence-electron chi connectivity index (χ1n) is 6.92. The summed E-state index contributed by atoms with van der Waals surface area (Å²) in [5.41, 5.74) is 3.67. The lowest BCUT2D eigenvalue weighted by Gasteiger charge is -2.04. The largest absolute Gasteiger partial charge is 0.497 e. The van der Waals surface area contributed by atoms with Crippen molar-refractivity contribution in [1.29, 1.82) is 0 Å². The minimum absolute atomic E-state index is 0.123. The molecule has 0 spiro atoms. The highest BCUT2D eigenvalue weighted by atomic mass is 16.5. The summed E-state index contributed by atoms with van der Waals surface area (Å²) in [6.45, 7) is 1.94. The molecular weight excluding hydrogens is 262 g/mol. The van der Waals surface area contributed by atoms with Crippen LogP contribution < -0.4 is 4.74 Å². The number of H-pyrrole nitrogens is 1. The summed E-state index contributed by atoms with van der Waals surface area (Å²) in [7, 11) is 1.63. The van der Waals surface area contributed by atoms with Crippen LogP contribution in [0.15, 0.2) is 48.5 Å². The Morgan fingerprint density at radius 2 is 1.95 bits per heavy atom. The molecule has 0 amide bonds. The van der Waals surface area contributed by atoms with Crippen LogP contribution in [0.5, 0.6) is 5.75 Å². The summed E-state index contributed by atoms with van der Waals surface area (Å²) in [4.78, 5) is 15.9. The van der Waals surface area contributed by atoms with E-state index in [4.69, 9.17) is 4.74 Å². The molecule has 0 atom stereocenters. The van der Waals surface area contributed by atoms with E-state index in [2.05, 4.69) is 4.98 Å². The molecule has 0 bridgehead atoms. The van der Waals surface area contributed by atoms with Gasteiger partial charge in [-0.05, 0) is 30.7 Å². The Labute approximate surface area is 123 Å². The van der Waals surface area contributed by atoms with E-state index in [-0.39, 0.29) is 5.78 Å². The maximum Gasteiger partial charge on any atom is 0.169 e. The summed E-state index contributed by atoms with van der Waals surface area (Å²) in [5.74, 6) is 0.897. The number of nitrogens with one attached hydrogen (secondary N) is 1. The van der Waals surface area contributed by atoms with E-state index in [1.165, 1.54) is 0 Å². The smallest absolute Gasteiger partial charge is 0.169 e. The lowest BCUT2D eigenvalue weighted by atomic mass is 10.0. The van der Waals surface area contributed by atoms with Gasteiger partial charge in [-0.1, -0.05) is 30.3 Å². The van der Waals surface area contributed by atoms with Gasteiger partial charge >= 0.3 is 0 Å². The van der Waals surface area contributed by atoms with Crippen LogP contribution in [0, 0.1) is 6.92 Å². The molecule has 3 heteroatoms. The number of aromatic amines is 1. The molecule has 0 saturated heterocycles. The van der Waals surface area contributed by atoms with Gasteiger partial charge in [-0.25, -0.2) is 0 Å². The minimum Gasteiger partial charge on any atom is -0.497 e. The van der Waals surface area contributed by atoms with Crippen molar-refractivity contribution in [2.45, 2.75) is 13.3 Å². The first-order chi connectivity index (χ1) is 10.2. The first-order valence-corrected chi connectivity index (χ1v) is 6.92. The van der Waals surface area contributed by atoms with Gasteiger partial charge in [-0.15, -0.1) is 0 Å². The van der Waals surface area contributed by atoms with E-state index in [1.807, 2.05) is 55.5 Å². The molecule has 21 heavy (non-hydrogen) atoms. The van der Waals surface area contributed by atoms with Crippen molar-refractivity contribution in [3.05, 3.63) is 65.4 Å². The Hall–Kier alpha value is -2.55. The van der Waals surface area contributed by atoms with Gasteiger partial charge in [0.25, 0.3) is 0 Å². The zero-order valence-electron chi connectivity index (χ0n) is 12.1. The van der Waals surface area contributed by atoms with Gasteiger partial charge in [-0.3, -0.25) is 4.79 Å². The minimum atomic E-state index is 0.123. The monoisotopic (exact) mass is 279 g/mol. The van der Waals surface area contributed by atoms with Crippen LogP contribution in [0.3, 0.4) is 0 Å². The number of ketones is 1. The van der Waals surface area contributed by atoms with Crippen molar-refractivity contribution in [3.8, 4) is 5.75 Å². The molecule has 2 aromatic carbocycles. The maximum absolute atomic E-state index is 12.6. The molecule has 1 aromatic heterocycles. The number of hydrogen-bond acceptors (Lipinski definition) is 2. The molecule has 0 fully saturated rings. The molecule has 106 valence electrons. The second-order valence-corrected chi connectivity index (χ2v) is 5.12. The number of Topliss-reactive ketones (excluding diaryl/α,β-unsaturated/α-hetero) is 1. The highest BCUT2D eigenvalue weighted by Crippen LogP contribution is 2.24. The Balaban J connectivity index is 1.95. The zero-order valence-corrected chi connectivity index (χ0v) is 12.1. The van der Waals surface area contributed by atoms with Gasteiger partial charge in [0.15, 0.2) is 5.78 Å². The van der Waals surface area contributed by atoms with Crippen LogP contribution in [0.1, 0.15) is 21.6 Å². The quantitative estimate of drug-likeness (QED) is 0.736. The van der Waals surface area contributed by atoms with E-state index in [9.17, 15) is 4.79 Å². The summed E-state index contributed by atoms with van der Waals surface area (Å²) in [6.07, 6.45) is 0.375. The Morgan fingerprint density at radius 3 is 2.76 bits per heavy atom. The number of hydrogen-bond donors (Lipinski definition) is 1. The third-order valence-electron chi connectivity index (χ3n) is 3.67. The maximum atomic E-state index is 12.6. The number of carbonyl (C=O) groups is 1. The number of fused-ring (bicyclic) bond motifs is 1. The van der Waals surface area contributed by atoms with Crippen molar-refractivity contribution in [2.75, 3.05) is 7.11 Å². The third-order valence-corrected chi connectivity index (χ3v) is 3.67. The first kappa shape index (κ1) is 13.4. The molecule has 0 unspecified atom stereocenters. The van der Waals surface area contributed by atoms with Crippen molar-refractivity contribution in [2.24, 2.45) is 0 Å². The summed E-state index contributed by atoms with van der Waals surface area (Å²) < 4.78 is 5.20. The lowest BCUT2D eigenvalue weighted by Crippen LogP contribution is -2.04. The zero-order chi connectivity index (χ0) is 14.8. The number of rotatable bonds is 4. The molecule has 0 aliphatic rings. The van der Waals surface area contributed by atoms with E-state index in [0.717, 1.165) is 33.5 Å². The van der Waals surface area contributed by atoms with Gasteiger partial charge in [0.1, 0.15) is 5.75 Å². The molecule has 3 aromatic rings. The van der Waals surface area contributed by atoms with Gasteiger partial charge < -0.3 is 9.72 Å². The molecule has 0 aliphatic carbocycles. The average molecular weight is 279 g/mol. The molecule has 3 rings (SSSR count). The van der Waals surface area contributed by atoms with Crippen molar-refractivity contribution in [1.82, 2.24) is 4.98 Å². The van der Waals surface area contributed by atoms with Crippen LogP contribution in [0.25, 0.3) is 10.9 Å². The summed E-state index contributed by atoms with van der Waals surface area (Å²) >= 11 is 0. The summed E-state index contributed by atoms with van der Waals surface area (Å²) in [6, 6.07) is 15.5. The van der Waals surface area contributed by atoms with Gasteiger partial charge in [0, 0.05) is 28.6 Å². The molecule has 0 aliphatic heterocycles. The van der Waals surface area contributed by atoms with E-state index < -0.39 is 0 Å². The van der Waals surface area contributed by atoms with E-state index in [0.29, 0.717) is 6.42 Å². The normalized spacial score (nSPS) is 10.8. The highest BCUT2D eigenvalue weighted by molar-refractivity contribution is 6.09. The van der Waals surface area contributed by atoms with Crippen LogP contribution in [-0.4, -0.2) is 17.9 Å². The number of methoxy groups -OCH3 is 1. The predicted octanol–water partition coefficient (Wildman–Crippen LogP) is 3.91. The number of benzene rings is 2. The van der Waals surface area contributed by atoms with E-state index in [1.54, 1.807) is 7.11 Å². The topological polar surface area (TPSA) is 42.1 Å². The van der Waals surface area contributed by atoms with Crippen LogP contribution >= 0.6 is 0 Å². The summed E-state index contributed by atoms with van der Waals surface area (Å²) in [5, 5.41) is 0.989. The van der Waals surface area contributed by atoms with Crippen molar-refractivity contribution in [3.63, 3.8) is 0 Å². The van der Waals surface area contributed by atoms with E-state index >= 15 is 0 Å². The van der Waals surface area contributed by atoms with Gasteiger partial charge in [0.05, 0.1) is 7.11 Å². The van der Waals surface area contributed by atoms with Crippen LogP contribution in [0.2, 0.25) is 0 Å². The van der Waals surface area contributed by atoms with Crippen molar-refractivity contribution >= 4 is 16.7 Å². The lowest BCUT2D eigenvalue weighted by molar-refractivity contribution is 0.0994. The molecule has 1 heterocycles. The number of carbonyl (C=O) groups excluding carboxylic acids is 1. The number of ether oxygens (including phenoxy) is 1. The van der Waals surface area contributed by atoms with Crippen molar-refractivity contribution < 1.29 is 9.53 Å². The van der Waals surface area contributed by atoms with Crippen LogP contribution in [-0.2, 0) is 6.42 Å². The number of aromatic nitrogens is 1. The fraction of sp³-hybridized carbons (Fsp3) is 0.167. The molecule has 3 nitrogen and oxygen atoms in total. The Bertz CT molecular complexity index is 802. The average Bonchev–Trinajstić information content (AvgIpc) is 2.83. The fourth-order valence-corrected chi connectivity index (χ4v) is 2.69. The highest BCUT2D eigenvalue weighted by Gasteiger charge is 2.16. The second-order valence-electron chi connectivity index (χ2n) is 5.12. The van der Waals surface area contributed by atoms with Gasteiger partial charge in [0.2, 0.25) is 0 Å². The number of aryl methyl sites for hydroxylation is 1. The number of para-hydroxylation sites is 1. The Kier molecular flexibility index (Phi) is 3.48. The van der Waals surface area contributed by atoms with Crippen LogP contribution in [0.4, 0.5) is 0 Å². The molecule has 0 saturated carbocycles. The fourth-order valence-electron chi connectivity index (χ4n) is 2.69. The second kappa shape index (κ2) is 5.44. The predicted molar refractivity (Wildman–Crippen MR) is 84.1 cm³/mol. The SMILES string of the molecule is COc1cccc(CC(=O)c2c(C)[nH]c3ccccc23)c1. The standard InChI is InChI=1S/C18H17NO2/c1-12-18(15-8-3-4-9-16(15)19-12)17(20)11-13-6-5-7-14(10-13)21-2/h3-10,19H,11H2,1-2H3. The molecular formula is C18H17NO2. The Morgan fingerprint density at radius 1 is 1.14 bits per heavy atom. The molecule has 0 radical (unpaired) electrons.